The monoisotopic (exact) mass is 233 g/mol. The zero-order chi connectivity index (χ0) is 12.7. The molecule has 1 amide bonds. The van der Waals surface area contributed by atoms with Crippen molar-refractivity contribution in [2.75, 3.05) is 6.54 Å². The fourth-order valence-corrected chi connectivity index (χ4v) is 1.55. The highest BCUT2D eigenvalue weighted by Crippen LogP contribution is 2.07. The Morgan fingerprint density at radius 1 is 1.12 bits per heavy atom. The summed E-state index contributed by atoms with van der Waals surface area (Å²) in [5.74, 6) is -0.143. The third-order valence-corrected chi connectivity index (χ3v) is 2.58. The molecule has 0 aliphatic carbocycles. The van der Waals surface area contributed by atoms with E-state index in [2.05, 4.69) is 12.2 Å². The van der Waals surface area contributed by atoms with Gasteiger partial charge in [0, 0.05) is 12.0 Å². The van der Waals surface area contributed by atoms with Gasteiger partial charge in [0.25, 0.3) is 0 Å². The van der Waals surface area contributed by atoms with Crippen LogP contribution in [-0.2, 0) is 11.2 Å². The van der Waals surface area contributed by atoms with Crippen molar-refractivity contribution in [3.05, 3.63) is 35.4 Å². The van der Waals surface area contributed by atoms with Gasteiger partial charge in [-0.15, -0.1) is 0 Å². The maximum Gasteiger partial charge on any atom is 0.220 e. The lowest BCUT2D eigenvalue weighted by Crippen LogP contribution is -2.28. The van der Waals surface area contributed by atoms with Gasteiger partial charge in [0.15, 0.2) is 5.78 Å². The van der Waals surface area contributed by atoms with Crippen molar-refractivity contribution in [1.29, 1.82) is 0 Å². The number of carbonyl (C=O) groups excluding carboxylic acids is 2. The second-order valence-corrected chi connectivity index (χ2v) is 4.00. The molecule has 0 saturated heterocycles. The van der Waals surface area contributed by atoms with Crippen LogP contribution in [0, 0.1) is 0 Å². The number of hydrogen-bond donors (Lipinski definition) is 1. The fourth-order valence-electron chi connectivity index (χ4n) is 1.55. The van der Waals surface area contributed by atoms with Crippen LogP contribution in [0.25, 0.3) is 0 Å². The molecule has 17 heavy (non-hydrogen) atoms. The van der Waals surface area contributed by atoms with Crippen LogP contribution in [0.5, 0.6) is 0 Å². The van der Waals surface area contributed by atoms with E-state index in [4.69, 9.17) is 0 Å². The zero-order valence-corrected chi connectivity index (χ0v) is 10.5. The van der Waals surface area contributed by atoms with Crippen molar-refractivity contribution in [1.82, 2.24) is 5.32 Å². The highest BCUT2D eigenvalue weighted by Gasteiger charge is 2.06. The third-order valence-electron chi connectivity index (χ3n) is 2.58. The van der Waals surface area contributed by atoms with Gasteiger partial charge in [-0.3, -0.25) is 9.59 Å². The van der Waals surface area contributed by atoms with E-state index in [1.165, 1.54) is 5.56 Å². The van der Waals surface area contributed by atoms with Gasteiger partial charge in [-0.05, 0) is 12.0 Å². The summed E-state index contributed by atoms with van der Waals surface area (Å²) in [7, 11) is 0. The Morgan fingerprint density at radius 3 is 2.29 bits per heavy atom. The van der Waals surface area contributed by atoms with Crippen LogP contribution in [0.3, 0.4) is 0 Å². The Bertz CT molecular complexity index is 382. The topological polar surface area (TPSA) is 46.2 Å². The van der Waals surface area contributed by atoms with Crippen LogP contribution in [0.15, 0.2) is 24.3 Å². The Morgan fingerprint density at radius 2 is 1.76 bits per heavy atom. The minimum atomic E-state index is -0.0963. The summed E-state index contributed by atoms with van der Waals surface area (Å²) in [6.07, 6.45) is 2.53. The first-order chi connectivity index (χ1) is 8.17. The molecule has 1 N–H and O–H groups in total. The van der Waals surface area contributed by atoms with Gasteiger partial charge in [-0.1, -0.05) is 44.5 Å². The number of nitrogens with one attached hydrogen (secondary N) is 1. The number of aryl methyl sites for hydroxylation is 1. The highest BCUT2D eigenvalue weighted by molar-refractivity contribution is 5.99. The van der Waals surface area contributed by atoms with E-state index in [1.807, 2.05) is 24.3 Å². The van der Waals surface area contributed by atoms with Gasteiger partial charge in [0.05, 0.1) is 6.54 Å². The van der Waals surface area contributed by atoms with E-state index in [1.54, 1.807) is 6.92 Å². The van der Waals surface area contributed by atoms with Crippen LogP contribution >= 0.6 is 0 Å². The molecular weight excluding hydrogens is 214 g/mol. The SMILES string of the molecule is CCCc1ccc(C(=O)CNC(=O)CC)cc1. The van der Waals surface area contributed by atoms with Gasteiger partial charge in [0.2, 0.25) is 5.91 Å². The molecule has 0 fully saturated rings. The number of benzene rings is 1. The number of carbonyl (C=O) groups is 2. The Labute approximate surface area is 102 Å². The average molecular weight is 233 g/mol. The van der Waals surface area contributed by atoms with E-state index in [0.29, 0.717) is 12.0 Å². The molecular formula is C14H19NO2. The molecule has 3 nitrogen and oxygen atoms in total. The predicted molar refractivity (Wildman–Crippen MR) is 68.1 cm³/mol. The maximum atomic E-state index is 11.7. The first kappa shape index (κ1) is 13.4. The van der Waals surface area contributed by atoms with E-state index < -0.39 is 0 Å². The zero-order valence-electron chi connectivity index (χ0n) is 10.5. The lowest BCUT2D eigenvalue weighted by Gasteiger charge is -2.04. The van der Waals surface area contributed by atoms with Crippen LogP contribution < -0.4 is 5.32 Å². The number of hydrogen-bond acceptors (Lipinski definition) is 2. The van der Waals surface area contributed by atoms with Crippen molar-refractivity contribution >= 4 is 11.7 Å². The highest BCUT2D eigenvalue weighted by atomic mass is 16.2. The van der Waals surface area contributed by atoms with Crippen LogP contribution in [-0.4, -0.2) is 18.2 Å². The van der Waals surface area contributed by atoms with Gasteiger partial charge in [-0.2, -0.15) is 0 Å². The molecule has 92 valence electrons. The molecule has 0 atom stereocenters. The summed E-state index contributed by atoms with van der Waals surface area (Å²) >= 11 is 0. The third kappa shape index (κ3) is 4.39. The lowest BCUT2D eigenvalue weighted by atomic mass is 10.1. The summed E-state index contributed by atoms with van der Waals surface area (Å²) in [5.41, 5.74) is 1.89. The van der Waals surface area contributed by atoms with Crippen LogP contribution in [0.4, 0.5) is 0 Å². The van der Waals surface area contributed by atoms with E-state index in [-0.39, 0.29) is 18.2 Å². The molecule has 0 radical (unpaired) electrons. The summed E-state index contributed by atoms with van der Waals surface area (Å²) in [6, 6.07) is 7.59. The van der Waals surface area contributed by atoms with Crippen molar-refractivity contribution in [2.24, 2.45) is 0 Å². The summed E-state index contributed by atoms with van der Waals surface area (Å²) in [5, 5.41) is 2.58. The summed E-state index contributed by atoms with van der Waals surface area (Å²) < 4.78 is 0. The number of ketones is 1. The van der Waals surface area contributed by atoms with Crippen molar-refractivity contribution in [2.45, 2.75) is 33.1 Å². The molecule has 1 aromatic carbocycles. The van der Waals surface area contributed by atoms with E-state index in [9.17, 15) is 9.59 Å². The first-order valence-electron chi connectivity index (χ1n) is 6.06. The maximum absolute atomic E-state index is 11.7. The minimum Gasteiger partial charge on any atom is -0.349 e. The molecule has 0 aliphatic heterocycles. The molecule has 0 saturated carbocycles. The largest absolute Gasteiger partial charge is 0.349 e. The van der Waals surface area contributed by atoms with Crippen molar-refractivity contribution in [3.8, 4) is 0 Å². The quantitative estimate of drug-likeness (QED) is 0.767. The van der Waals surface area contributed by atoms with Gasteiger partial charge in [0.1, 0.15) is 0 Å². The molecule has 1 rings (SSSR count). The average Bonchev–Trinajstić information content (AvgIpc) is 2.36. The Balaban J connectivity index is 2.54. The first-order valence-corrected chi connectivity index (χ1v) is 6.06. The predicted octanol–water partition coefficient (Wildman–Crippen LogP) is 2.35. The van der Waals surface area contributed by atoms with E-state index >= 15 is 0 Å². The van der Waals surface area contributed by atoms with Gasteiger partial charge >= 0.3 is 0 Å². The summed E-state index contributed by atoms with van der Waals surface area (Å²) in [6.45, 7) is 3.97. The van der Waals surface area contributed by atoms with Gasteiger partial charge < -0.3 is 5.32 Å². The molecule has 0 heterocycles. The van der Waals surface area contributed by atoms with Crippen molar-refractivity contribution in [3.63, 3.8) is 0 Å². The molecule has 0 aromatic heterocycles. The van der Waals surface area contributed by atoms with Crippen LogP contribution in [0.2, 0.25) is 0 Å². The smallest absolute Gasteiger partial charge is 0.220 e. The number of amides is 1. The molecule has 0 bridgehead atoms. The molecule has 0 unspecified atom stereocenters. The minimum absolute atomic E-state index is 0.0464. The standard InChI is InChI=1S/C14H19NO2/c1-3-5-11-6-8-12(9-7-11)13(16)10-15-14(17)4-2/h6-9H,3-5,10H2,1-2H3,(H,15,17). The lowest BCUT2D eigenvalue weighted by molar-refractivity contribution is -0.120. The normalized spacial score (nSPS) is 10.0. The second-order valence-electron chi connectivity index (χ2n) is 4.00. The van der Waals surface area contributed by atoms with E-state index in [0.717, 1.165) is 12.8 Å². The second kappa shape index (κ2) is 6.84. The fraction of sp³-hybridized carbons (Fsp3) is 0.429. The molecule has 0 spiro atoms. The number of Topliss-reactive ketones (excluding diaryl/α,β-unsaturated/α-hetero) is 1. The Hall–Kier alpha value is -1.64. The van der Waals surface area contributed by atoms with Crippen LogP contribution in [0.1, 0.15) is 42.6 Å². The molecule has 3 heteroatoms. The van der Waals surface area contributed by atoms with Crippen molar-refractivity contribution < 1.29 is 9.59 Å². The molecule has 0 aliphatic rings. The van der Waals surface area contributed by atoms with Gasteiger partial charge in [-0.25, -0.2) is 0 Å². The number of rotatable bonds is 6. The Kier molecular flexibility index (Phi) is 5.40. The summed E-state index contributed by atoms with van der Waals surface area (Å²) in [4.78, 5) is 22.7. The molecule has 1 aromatic rings.